The Balaban J connectivity index is 0.000000216. The monoisotopic (exact) mass is 1060 g/mol. The Morgan fingerprint density at radius 2 is 1.19 bits per heavy atom. The summed E-state index contributed by atoms with van der Waals surface area (Å²) in [4.78, 5) is 50.3. The largest absolute Gasteiger partial charge is 0.541 e. The van der Waals surface area contributed by atoms with Crippen LogP contribution in [0.2, 0.25) is 46.3 Å². The van der Waals surface area contributed by atoms with E-state index in [9.17, 15) is 42.2 Å². The molecule has 0 saturated carbocycles. The van der Waals surface area contributed by atoms with E-state index in [4.69, 9.17) is 32.6 Å². The smallest absolute Gasteiger partial charge is 0.307 e. The number of benzene rings is 4. The molecule has 0 bridgehead atoms. The number of nitrogens with zero attached hydrogens (tertiary/aromatic N) is 4. The fraction of sp³-hybridized carbons (Fsp3) is 0.352. The van der Waals surface area contributed by atoms with Crippen molar-refractivity contribution in [1.82, 2.24) is 19.8 Å². The summed E-state index contributed by atoms with van der Waals surface area (Å²) in [6, 6.07) is 7.57. The molecular formula is C54H56Cl2F4N4O6Si2. The summed E-state index contributed by atoms with van der Waals surface area (Å²) in [5.74, 6) is -1.17. The van der Waals surface area contributed by atoms with Crippen LogP contribution < -0.4 is 4.43 Å². The van der Waals surface area contributed by atoms with E-state index < -0.39 is 45.6 Å². The van der Waals surface area contributed by atoms with Crippen LogP contribution in [0.1, 0.15) is 107 Å². The third-order valence-electron chi connectivity index (χ3n) is 13.4. The van der Waals surface area contributed by atoms with Gasteiger partial charge in [0.1, 0.15) is 48.1 Å². The fourth-order valence-corrected chi connectivity index (χ4v) is 16.3. The molecule has 2 N–H and O–H groups in total. The lowest BCUT2D eigenvalue weighted by Gasteiger charge is -2.42. The number of phenols is 1. The number of amides is 2. The number of hydrogen-bond acceptors (Lipinski definition) is 7. The van der Waals surface area contributed by atoms with Crippen LogP contribution in [-0.4, -0.2) is 78.3 Å². The van der Waals surface area contributed by atoms with Gasteiger partial charge < -0.3 is 24.4 Å². The first kappa shape index (κ1) is 53.8. The number of halogens is 6. The van der Waals surface area contributed by atoms with Crippen molar-refractivity contribution in [1.29, 1.82) is 0 Å². The summed E-state index contributed by atoms with van der Waals surface area (Å²) >= 11 is 11.7. The SMILES string of the molecule is CC(C)[Si](Oc1c2c(c(CC(=O)O)c3cc(Cc4cc(Cl)c(F)cc4F)cnc13)CN(C)C2=O)(C(C)C)C(C)C.CN1Cc2c(c(O)c3ncc(Cc4cc(Cl)c(F)cc4F)cc3c2C#C[Si](C)(C)C)C1=O. The molecule has 0 spiro atoms. The molecule has 2 aliphatic rings. The Hall–Kier alpha value is -6.00. The van der Waals surface area contributed by atoms with E-state index in [1.165, 1.54) is 23.2 Å². The van der Waals surface area contributed by atoms with Crippen LogP contribution in [0.25, 0.3) is 21.8 Å². The molecule has 2 aromatic heterocycles. The molecule has 6 aromatic rings. The number of carboxylic acids is 1. The molecule has 0 unspecified atom stereocenters. The highest BCUT2D eigenvalue weighted by atomic mass is 35.5. The number of pyridine rings is 2. The van der Waals surface area contributed by atoms with E-state index >= 15 is 0 Å². The van der Waals surface area contributed by atoms with Gasteiger partial charge in [-0.1, -0.05) is 90.3 Å². The molecule has 0 aliphatic carbocycles. The maximum absolute atomic E-state index is 14.6. The Morgan fingerprint density at radius 3 is 1.68 bits per heavy atom. The number of aliphatic carboxylic acids is 1. The van der Waals surface area contributed by atoms with Crippen LogP contribution in [0.5, 0.6) is 11.5 Å². The first-order valence-corrected chi connectivity index (χ1v) is 29.9. The number of aromatic hydroxyl groups is 1. The second-order valence-electron chi connectivity index (χ2n) is 20.6. The molecular weight excluding hydrogens is 1000 g/mol. The summed E-state index contributed by atoms with van der Waals surface area (Å²) < 4.78 is 63.2. The molecule has 2 amide bonds. The Labute approximate surface area is 428 Å². The van der Waals surface area contributed by atoms with Crippen molar-refractivity contribution in [3.63, 3.8) is 0 Å². The van der Waals surface area contributed by atoms with Gasteiger partial charge in [-0.25, -0.2) is 17.6 Å². The average Bonchev–Trinajstić information content (AvgIpc) is 3.76. The quantitative estimate of drug-likeness (QED) is 0.0567. The van der Waals surface area contributed by atoms with E-state index in [0.29, 0.717) is 67.5 Å². The molecule has 0 radical (unpaired) electrons. The van der Waals surface area contributed by atoms with Gasteiger partial charge in [-0.15, -0.1) is 5.54 Å². The lowest BCUT2D eigenvalue weighted by molar-refractivity contribution is -0.136. The highest BCUT2D eigenvalue weighted by molar-refractivity contribution is 6.84. The van der Waals surface area contributed by atoms with Gasteiger partial charge >= 0.3 is 5.97 Å². The van der Waals surface area contributed by atoms with Gasteiger partial charge in [0.2, 0.25) is 0 Å². The maximum atomic E-state index is 14.6. The number of hydrogen-bond donors (Lipinski definition) is 2. The van der Waals surface area contributed by atoms with Crippen LogP contribution in [0, 0.1) is 34.7 Å². The third kappa shape index (κ3) is 10.3. The van der Waals surface area contributed by atoms with Gasteiger partial charge in [0.15, 0.2) is 5.75 Å². The van der Waals surface area contributed by atoms with E-state index in [1.807, 2.05) is 0 Å². The number of aromatic nitrogens is 2. The lowest BCUT2D eigenvalue weighted by atomic mass is 9.93. The van der Waals surface area contributed by atoms with Crippen molar-refractivity contribution in [2.75, 3.05) is 14.1 Å². The zero-order chi connectivity index (χ0) is 53.0. The number of fused-ring (bicyclic) bond motifs is 4. The first-order chi connectivity index (χ1) is 33.6. The maximum Gasteiger partial charge on any atom is 0.307 e. The zero-order valence-corrected chi connectivity index (χ0v) is 45.5. The number of carboxylic acid groups (broad SMARTS) is 1. The van der Waals surface area contributed by atoms with Gasteiger partial charge in [-0.05, 0) is 74.3 Å². The lowest BCUT2D eigenvalue weighted by Crippen LogP contribution is -2.51. The van der Waals surface area contributed by atoms with Crippen molar-refractivity contribution in [3.05, 3.63) is 138 Å². The predicted octanol–water partition coefficient (Wildman–Crippen LogP) is 12.8. The molecule has 0 atom stereocenters. The molecule has 8 rings (SSSR count). The first-order valence-electron chi connectivity index (χ1n) is 23.5. The molecule has 72 heavy (non-hydrogen) atoms. The van der Waals surface area contributed by atoms with Crippen LogP contribution in [0.3, 0.4) is 0 Å². The molecule has 2 aliphatic heterocycles. The van der Waals surface area contributed by atoms with Crippen molar-refractivity contribution in [2.24, 2.45) is 0 Å². The molecule has 0 saturated heterocycles. The Morgan fingerprint density at radius 1 is 0.722 bits per heavy atom. The summed E-state index contributed by atoms with van der Waals surface area (Å²) in [5, 5.41) is 21.4. The highest BCUT2D eigenvalue weighted by Crippen LogP contribution is 2.48. The number of phenolic OH excluding ortho intramolecular Hbond substituents is 1. The average molecular weight is 1060 g/mol. The standard InChI is InChI=1S/C30H35ClF2N2O4Si.C24H21ClF2N2O2Si/c1-15(2)40(16(3)4,17(5)6)39-29-27-22(14-35(7)30(27)38)20(11-26(36)37)21-9-18(13-34-28(21)29)8-19-10-23(31)25(33)12-24(19)32;1-29-12-17-15(5-6-32(2,3)4)16-8-13(7-14-9-18(25)20(27)10-19(14)26)11-28-22(16)23(30)21(17)24(29)31/h9-10,12-13,15-17H,8,11,14H2,1-7H3,(H,36,37);8-11,30H,7,12H2,1-4H3. The number of carbonyl (C=O) groups excluding carboxylic acids is 2. The van der Waals surface area contributed by atoms with Crippen molar-refractivity contribution >= 4 is 79.2 Å². The summed E-state index contributed by atoms with van der Waals surface area (Å²) in [5.41, 5.74) is 9.36. The predicted molar refractivity (Wildman–Crippen MR) is 278 cm³/mol. The van der Waals surface area contributed by atoms with Crippen LogP contribution in [-0.2, 0) is 37.1 Å². The minimum atomic E-state index is -2.55. The molecule has 378 valence electrons. The van der Waals surface area contributed by atoms with Crippen molar-refractivity contribution in [2.45, 2.75) is 110 Å². The number of rotatable bonds is 11. The molecule has 10 nitrogen and oxygen atoms in total. The molecule has 4 heterocycles. The van der Waals surface area contributed by atoms with Gasteiger partial charge in [-0.3, -0.25) is 24.4 Å². The second-order valence-corrected chi connectivity index (χ2v) is 31.5. The Bertz CT molecular complexity index is 3280. The van der Waals surface area contributed by atoms with Crippen molar-refractivity contribution < 1.29 is 46.6 Å². The Kier molecular flexibility index (Phi) is 15.3. The third-order valence-corrected chi connectivity index (χ3v) is 20.8. The van der Waals surface area contributed by atoms with E-state index in [0.717, 1.165) is 12.1 Å². The highest BCUT2D eigenvalue weighted by Gasteiger charge is 2.49. The van der Waals surface area contributed by atoms with Gasteiger partial charge in [0.25, 0.3) is 20.1 Å². The fourth-order valence-electron chi connectivity index (χ4n) is 10.1. The van der Waals surface area contributed by atoms with Gasteiger partial charge in [0.05, 0.1) is 27.6 Å². The topological polar surface area (TPSA) is 133 Å². The van der Waals surface area contributed by atoms with E-state index in [-0.39, 0.29) is 92.2 Å². The van der Waals surface area contributed by atoms with Crippen LogP contribution >= 0.6 is 23.2 Å². The zero-order valence-electron chi connectivity index (χ0n) is 42.0. The summed E-state index contributed by atoms with van der Waals surface area (Å²) in [6.45, 7) is 19.8. The minimum Gasteiger partial charge on any atom is -0.541 e. The summed E-state index contributed by atoms with van der Waals surface area (Å²) in [7, 11) is -0.945. The normalized spacial score (nSPS) is 13.6. The minimum absolute atomic E-state index is 0.0655. The molecule has 4 aromatic carbocycles. The van der Waals surface area contributed by atoms with Crippen molar-refractivity contribution in [3.8, 4) is 23.0 Å². The van der Waals surface area contributed by atoms with Gasteiger partial charge in [-0.2, -0.15) is 0 Å². The van der Waals surface area contributed by atoms with Crippen LogP contribution in [0.4, 0.5) is 17.6 Å². The van der Waals surface area contributed by atoms with Gasteiger partial charge in [0, 0.05) is 86.5 Å². The van der Waals surface area contributed by atoms with Crippen LogP contribution in [0.15, 0.2) is 48.8 Å². The molecule has 18 heteroatoms. The molecule has 0 fully saturated rings. The van der Waals surface area contributed by atoms with E-state index in [1.54, 1.807) is 37.3 Å². The van der Waals surface area contributed by atoms with E-state index in [2.05, 4.69) is 77.6 Å². The summed E-state index contributed by atoms with van der Waals surface area (Å²) in [6.07, 6.45) is 2.95. The second kappa shape index (κ2) is 20.5. The number of carbonyl (C=O) groups is 3.